The topological polar surface area (TPSA) is 20.2 Å². The molecule has 0 amide bonds. The summed E-state index contributed by atoms with van der Waals surface area (Å²) >= 11 is 0. The molecule has 0 radical (unpaired) electrons. The zero-order chi connectivity index (χ0) is 9.94. The quantitative estimate of drug-likeness (QED) is 0.553. The van der Waals surface area contributed by atoms with Gasteiger partial charge < -0.3 is 5.11 Å². The van der Waals surface area contributed by atoms with Gasteiger partial charge in [0.2, 0.25) is 0 Å². The van der Waals surface area contributed by atoms with E-state index in [4.69, 9.17) is 11.5 Å². The Morgan fingerprint density at radius 1 is 1.23 bits per heavy atom. The van der Waals surface area contributed by atoms with Crippen molar-refractivity contribution in [2.45, 2.75) is 19.3 Å². The molecule has 1 aromatic carbocycles. The molecule has 1 heteroatoms. The van der Waals surface area contributed by atoms with Crippen LogP contribution in [0.15, 0.2) is 30.3 Å². The number of benzene rings is 1. The SMILES string of the molecule is C#CCCCc1ccccc1.CO. The van der Waals surface area contributed by atoms with E-state index >= 15 is 0 Å². The highest BCUT2D eigenvalue weighted by Crippen LogP contribution is 2.03. The number of aliphatic hydroxyl groups excluding tert-OH is 1. The summed E-state index contributed by atoms with van der Waals surface area (Å²) in [5, 5.41) is 7.00. The zero-order valence-corrected chi connectivity index (χ0v) is 8.03. The first kappa shape index (κ1) is 11.7. The molecule has 0 unspecified atom stereocenters. The monoisotopic (exact) mass is 176 g/mol. The van der Waals surface area contributed by atoms with Crippen molar-refractivity contribution >= 4 is 0 Å². The van der Waals surface area contributed by atoms with Crippen molar-refractivity contribution in [3.8, 4) is 12.3 Å². The van der Waals surface area contributed by atoms with Gasteiger partial charge in [-0.3, -0.25) is 0 Å². The van der Waals surface area contributed by atoms with Crippen molar-refractivity contribution in [1.29, 1.82) is 0 Å². The lowest BCUT2D eigenvalue weighted by Gasteiger charge is -1.96. The van der Waals surface area contributed by atoms with Crippen molar-refractivity contribution in [1.82, 2.24) is 0 Å². The van der Waals surface area contributed by atoms with Crippen molar-refractivity contribution in [3.63, 3.8) is 0 Å². The van der Waals surface area contributed by atoms with Crippen molar-refractivity contribution in [2.24, 2.45) is 0 Å². The van der Waals surface area contributed by atoms with E-state index in [1.807, 2.05) is 6.07 Å². The van der Waals surface area contributed by atoms with Crippen LogP contribution < -0.4 is 0 Å². The number of hydrogen-bond donors (Lipinski definition) is 1. The number of unbranched alkanes of at least 4 members (excludes halogenated alkanes) is 1. The Hall–Kier alpha value is -1.26. The number of aliphatic hydroxyl groups is 1. The number of rotatable bonds is 3. The maximum Gasteiger partial charge on any atom is 0.0319 e. The highest BCUT2D eigenvalue weighted by atomic mass is 16.2. The molecule has 0 heterocycles. The molecule has 13 heavy (non-hydrogen) atoms. The summed E-state index contributed by atoms with van der Waals surface area (Å²) in [7, 11) is 1.00. The van der Waals surface area contributed by atoms with E-state index in [1.54, 1.807) is 0 Å². The molecule has 0 aliphatic carbocycles. The van der Waals surface area contributed by atoms with Crippen LogP contribution in [0.2, 0.25) is 0 Å². The van der Waals surface area contributed by atoms with E-state index in [-0.39, 0.29) is 0 Å². The molecule has 0 bridgehead atoms. The number of aryl methyl sites for hydroxylation is 1. The number of hydrogen-bond acceptors (Lipinski definition) is 1. The first-order valence-electron chi connectivity index (χ1n) is 4.35. The van der Waals surface area contributed by atoms with Crippen LogP contribution in [0.4, 0.5) is 0 Å². The van der Waals surface area contributed by atoms with Crippen molar-refractivity contribution in [3.05, 3.63) is 35.9 Å². The standard InChI is InChI=1S/C11H12.CH4O/c1-2-3-5-8-11-9-6-4-7-10-11;1-2/h1,4,6-7,9-10H,3,5,8H2;2H,1H3. The molecule has 0 aliphatic rings. The smallest absolute Gasteiger partial charge is 0.0319 e. The average Bonchev–Trinajstić information content (AvgIpc) is 2.23. The summed E-state index contributed by atoms with van der Waals surface area (Å²) in [4.78, 5) is 0. The largest absolute Gasteiger partial charge is 0.400 e. The molecule has 0 aromatic heterocycles. The summed E-state index contributed by atoms with van der Waals surface area (Å²) in [6.45, 7) is 0. The van der Waals surface area contributed by atoms with E-state index in [0.29, 0.717) is 0 Å². The van der Waals surface area contributed by atoms with Crippen molar-refractivity contribution in [2.75, 3.05) is 7.11 Å². The third kappa shape index (κ3) is 5.95. The normalized spacial score (nSPS) is 8.08. The van der Waals surface area contributed by atoms with E-state index in [0.717, 1.165) is 26.4 Å². The molecule has 0 aliphatic heterocycles. The van der Waals surface area contributed by atoms with Gasteiger partial charge in [-0.25, -0.2) is 0 Å². The van der Waals surface area contributed by atoms with Crippen molar-refractivity contribution < 1.29 is 5.11 Å². The van der Waals surface area contributed by atoms with Gasteiger partial charge in [0.05, 0.1) is 0 Å². The first-order chi connectivity index (χ1) is 6.43. The van der Waals surface area contributed by atoms with Gasteiger partial charge in [-0.1, -0.05) is 30.3 Å². The van der Waals surface area contributed by atoms with Gasteiger partial charge in [0.25, 0.3) is 0 Å². The molecule has 0 fully saturated rings. The Morgan fingerprint density at radius 2 is 1.85 bits per heavy atom. The highest BCUT2D eigenvalue weighted by Gasteiger charge is 1.88. The van der Waals surface area contributed by atoms with Crippen LogP contribution >= 0.6 is 0 Å². The molecule has 70 valence electrons. The van der Waals surface area contributed by atoms with Crippen LogP contribution in [0, 0.1) is 12.3 Å². The van der Waals surface area contributed by atoms with Gasteiger partial charge in [-0.15, -0.1) is 12.3 Å². The minimum atomic E-state index is 0.884. The summed E-state index contributed by atoms with van der Waals surface area (Å²) in [6, 6.07) is 10.4. The Morgan fingerprint density at radius 3 is 2.38 bits per heavy atom. The van der Waals surface area contributed by atoms with Crippen LogP contribution in [0.25, 0.3) is 0 Å². The molecule has 0 spiro atoms. The van der Waals surface area contributed by atoms with E-state index in [1.165, 1.54) is 5.56 Å². The minimum Gasteiger partial charge on any atom is -0.400 e. The van der Waals surface area contributed by atoms with Crippen LogP contribution in [0.5, 0.6) is 0 Å². The van der Waals surface area contributed by atoms with Gasteiger partial charge in [0.1, 0.15) is 0 Å². The van der Waals surface area contributed by atoms with Crippen LogP contribution in [0.1, 0.15) is 18.4 Å². The molecule has 0 saturated heterocycles. The molecular weight excluding hydrogens is 160 g/mol. The summed E-state index contributed by atoms with van der Waals surface area (Å²) in [5.41, 5.74) is 1.38. The third-order valence-electron chi connectivity index (χ3n) is 1.63. The Balaban J connectivity index is 0.000000671. The Kier molecular flexibility index (Phi) is 7.98. The lowest BCUT2D eigenvalue weighted by atomic mass is 10.1. The second kappa shape index (κ2) is 8.83. The minimum absolute atomic E-state index is 0.884. The highest BCUT2D eigenvalue weighted by molar-refractivity contribution is 5.14. The lowest BCUT2D eigenvalue weighted by molar-refractivity contribution is 0.399. The Labute approximate surface area is 80.4 Å². The first-order valence-corrected chi connectivity index (χ1v) is 4.35. The second-order valence-electron chi connectivity index (χ2n) is 2.54. The second-order valence-corrected chi connectivity index (χ2v) is 2.54. The number of terminal acetylenes is 1. The molecule has 0 saturated carbocycles. The molecular formula is C12H16O. The fourth-order valence-corrected chi connectivity index (χ4v) is 1.04. The predicted octanol–water partition coefficient (Wildman–Crippen LogP) is 2.25. The summed E-state index contributed by atoms with van der Waals surface area (Å²) in [6.07, 6.45) is 8.23. The van der Waals surface area contributed by atoms with Gasteiger partial charge >= 0.3 is 0 Å². The molecule has 1 aromatic rings. The predicted molar refractivity (Wildman–Crippen MR) is 56.4 cm³/mol. The molecule has 1 rings (SSSR count). The van der Waals surface area contributed by atoms with Crippen LogP contribution in [-0.2, 0) is 6.42 Å². The fraction of sp³-hybridized carbons (Fsp3) is 0.333. The lowest BCUT2D eigenvalue weighted by Crippen LogP contribution is -1.82. The maximum absolute atomic E-state index is 7.00. The van der Waals surface area contributed by atoms with E-state index in [9.17, 15) is 0 Å². The van der Waals surface area contributed by atoms with Gasteiger partial charge in [0.15, 0.2) is 0 Å². The average molecular weight is 176 g/mol. The fourth-order valence-electron chi connectivity index (χ4n) is 1.04. The molecule has 1 nitrogen and oxygen atoms in total. The van der Waals surface area contributed by atoms with Gasteiger partial charge in [-0.05, 0) is 18.4 Å². The maximum atomic E-state index is 7.00. The summed E-state index contributed by atoms with van der Waals surface area (Å²) in [5.74, 6) is 2.64. The van der Waals surface area contributed by atoms with Crippen LogP contribution in [-0.4, -0.2) is 12.2 Å². The third-order valence-corrected chi connectivity index (χ3v) is 1.63. The molecule has 1 N–H and O–H groups in total. The van der Waals surface area contributed by atoms with Gasteiger partial charge in [0, 0.05) is 13.5 Å². The van der Waals surface area contributed by atoms with Crippen LogP contribution in [0.3, 0.4) is 0 Å². The summed E-state index contributed by atoms with van der Waals surface area (Å²) < 4.78 is 0. The van der Waals surface area contributed by atoms with Gasteiger partial charge in [-0.2, -0.15) is 0 Å². The zero-order valence-electron chi connectivity index (χ0n) is 8.03. The van der Waals surface area contributed by atoms with E-state index < -0.39 is 0 Å². The Bertz CT molecular complexity index is 233. The van der Waals surface area contributed by atoms with E-state index in [2.05, 4.69) is 30.2 Å². The molecule has 0 atom stereocenters.